The van der Waals surface area contributed by atoms with Crippen LogP contribution in [0.5, 0.6) is 0 Å². The van der Waals surface area contributed by atoms with Crippen molar-refractivity contribution < 1.29 is 0 Å². The van der Waals surface area contributed by atoms with Crippen LogP contribution in [0.3, 0.4) is 0 Å². The van der Waals surface area contributed by atoms with Gasteiger partial charge in [-0.05, 0) is 64.4 Å². The van der Waals surface area contributed by atoms with Gasteiger partial charge in [0.25, 0.3) is 0 Å². The maximum Gasteiger partial charge on any atom is 0.191 e. The molecule has 0 aromatic carbocycles. The number of guanidine groups is 1. The maximum absolute atomic E-state index is 4.71. The van der Waals surface area contributed by atoms with E-state index in [-0.39, 0.29) is 24.0 Å². The number of aromatic nitrogens is 3. The van der Waals surface area contributed by atoms with Gasteiger partial charge in [-0.25, -0.2) is 15.0 Å². The molecule has 1 fully saturated rings. The molecule has 2 N–H and O–H groups in total. The van der Waals surface area contributed by atoms with Crippen molar-refractivity contribution in [2.45, 2.75) is 52.5 Å². The van der Waals surface area contributed by atoms with Crippen LogP contribution < -0.4 is 10.6 Å². The fraction of sp³-hybridized carbons (Fsp3) is 0.591. The van der Waals surface area contributed by atoms with Crippen molar-refractivity contribution in [2.75, 3.05) is 32.7 Å². The van der Waals surface area contributed by atoms with Gasteiger partial charge in [-0.15, -0.1) is 24.0 Å². The lowest BCUT2D eigenvalue weighted by Gasteiger charge is -2.20. The number of aliphatic imine (C=N–C) groups is 1. The highest BCUT2D eigenvalue weighted by molar-refractivity contribution is 14.0. The molecule has 1 saturated heterocycles. The number of halogens is 1. The first-order valence-corrected chi connectivity index (χ1v) is 11.0. The number of aryl methyl sites for hydroxylation is 1. The average molecular weight is 525 g/mol. The van der Waals surface area contributed by atoms with Crippen LogP contribution in [0.25, 0.3) is 5.82 Å². The second kappa shape index (κ2) is 13.6. The summed E-state index contributed by atoms with van der Waals surface area (Å²) in [5.41, 5.74) is 1.09. The van der Waals surface area contributed by atoms with E-state index < -0.39 is 0 Å². The fourth-order valence-corrected chi connectivity index (χ4v) is 3.65. The number of rotatable bonds is 8. The highest BCUT2D eigenvalue weighted by atomic mass is 127. The Morgan fingerprint density at radius 1 is 1.10 bits per heavy atom. The van der Waals surface area contributed by atoms with Gasteiger partial charge < -0.3 is 15.5 Å². The van der Waals surface area contributed by atoms with E-state index in [1.165, 1.54) is 45.3 Å². The van der Waals surface area contributed by atoms with E-state index in [0.29, 0.717) is 6.54 Å². The third-order valence-corrected chi connectivity index (χ3v) is 5.29. The zero-order valence-electron chi connectivity index (χ0n) is 18.3. The van der Waals surface area contributed by atoms with Crippen LogP contribution in [-0.2, 0) is 6.54 Å². The summed E-state index contributed by atoms with van der Waals surface area (Å²) >= 11 is 0. The van der Waals surface area contributed by atoms with Crippen LogP contribution in [0, 0.1) is 6.92 Å². The minimum atomic E-state index is 0. The summed E-state index contributed by atoms with van der Waals surface area (Å²) in [6, 6.07) is 4.09. The molecule has 2 aromatic heterocycles. The predicted molar refractivity (Wildman–Crippen MR) is 134 cm³/mol. The molecule has 7 nitrogen and oxygen atoms in total. The average Bonchev–Trinajstić information content (AvgIpc) is 3.00. The van der Waals surface area contributed by atoms with E-state index in [1.54, 1.807) is 6.20 Å². The van der Waals surface area contributed by atoms with Gasteiger partial charge in [0.15, 0.2) is 5.96 Å². The third kappa shape index (κ3) is 7.86. The van der Waals surface area contributed by atoms with E-state index >= 15 is 0 Å². The number of imidazole rings is 1. The zero-order chi connectivity index (χ0) is 20.3. The van der Waals surface area contributed by atoms with Gasteiger partial charge in [-0.3, -0.25) is 4.57 Å². The molecule has 0 bridgehead atoms. The summed E-state index contributed by atoms with van der Waals surface area (Å²) in [7, 11) is 0. The van der Waals surface area contributed by atoms with E-state index in [4.69, 9.17) is 4.99 Å². The Morgan fingerprint density at radius 2 is 1.90 bits per heavy atom. The number of hydrogen-bond donors (Lipinski definition) is 2. The van der Waals surface area contributed by atoms with E-state index in [1.807, 2.05) is 30.0 Å². The second-order valence-electron chi connectivity index (χ2n) is 7.60. The third-order valence-electron chi connectivity index (χ3n) is 5.29. The predicted octanol–water partition coefficient (Wildman–Crippen LogP) is 3.51. The monoisotopic (exact) mass is 525 g/mol. The van der Waals surface area contributed by atoms with Crippen molar-refractivity contribution in [3.8, 4) is 5.82 Å². The topological polar surface area (TPSA) is 70.4 Å². The summed E-state index contributed by atoms with van der Waals surface area (Å²) < 4.78 is 1.98. The summed E-state index contributed by atoms with van der Waals surface area (Å²) in [6.07, 6.45) is 12.2. The summed E-state index contributed by atoms with van der Waals surface area (Å²) in [5.74, 6) is 2.69. The fourth-order valence-electron chi connectivity index (χ4n) is 3.65. The first-order valence-electron chi connectivity index (χ1n) is 11.0. The summed E-state index contributed by atoms with van der Waals surface area (Å²) in [6.45, 7) is 10.2. The van der Waals surface area contributed by atoms with Gasteiger partial charge in [0, 0.05) is 31.7 Å². The van der Waals surface area contributed by atoms with E-state index in [2.05, 4.69) is 38.5 Å². The standard InChI is InChI=1S/C22H35N7.HI/c1-3-23-22(25-11-8-15-28-13-6-4-5-7-14-28)27-18-20-9-10-21(26-17-20)29-16-12-24-19(29)2;/h9-10,12,16-17H,3-8,11,13-15,18H2,1-2H3,(H2,23,25,27);1H. The molecule has 30 heavy (non-hydrogen) atoms. The first kappa shape index (κ1) is 24.6. The van der Waals surface area contributed by atoms with E-state index in [0.717, 1.165) is 42.7 Å². The van der Waals surface area contributed by atoms with Crippen molar-refractivity contribution >= 4 is 29.9 Å². The molecule has 0 atom stereocenters. The maximum atomic E-state index is 4.71. The Hall–Kier alpha value is -1.68. The molecular formula is C22H36IN7. The molecule has 3 heterocycles. The lowest BCUT2D eigenvalue weighted by molar-refractivity contribution is 0.282. The Bertz CT molecular complexity index is 749. The molecule has 2 aromatic rings. The molecule has 166 valence electrons. The molecule has 0 radical (unpaired) electrons. The Kier molecular flexibility index (Phi) is 11.1. The molecule has 3 rings (SSSR count). The molecule has 0 unspecified atom stereocenters. The molecular weight excluding hydrogens is 489 g/mol. The molecule has 0 spiro atoms. The molecule has 0 aliphatic carbocycles. The van der Waals surface area contributed by atoms with Crippen molar-refractivity contribution in [3.05, 3.63) is 42.1 Å². The van der Waals surface area contributed by atoms with Crippen LogP contribution in [0.1, 0.15) is 50.4 Å². The van der Waals surface area contributed by atoms with Gasteiger partial charge in [0.2, 0.25) is 0 Å². The smallest absolute Gasteiger partial charge is 0.191 e. The van der Waals surface area contributed by atoms with Crippen LogP contribution in [0.15, 0.2) is 35.7 Å². The van der Waals surface area contributed by atoms with Crippen LogP contribution >= 0.6 is 24.0 Å². The van der Waals surface area contributed by atoms with Crippen LogP contribution in [0.4, 0.5) is 0 Å². The lowest BCUT2D eigenvalue weighted by atomic mass is 10.2. The number of likely N-dealkylation sites (tertiary alicyclic amines) is 1. The molecule has 0 amide bonds. The van der Waals surface area contributed by atoms with Gasteiger partial charge in [-0.1, -0.05) is 18.9 Å². The van der Waals surface area contributed by atoms with Gasteiger partial charge in [0.05, 0.1) is 6.54 Å². The SMILES string of the molecule is CCNC(=NCc1ccc(-n2ccnc2C)nc1)NCCCN1CCCCCC1.I. The van der Waals surface area contributed by atoms with E-state index in [9.17, 15) is 0 Å². The Morgan fingerprint density at radius 3 is 2.53 bits per heavy atom. The Balaban J connectivity index is 0.00000320. The van der Waals surface area contributed by atoms with Gasteiger partial charge in [0.1, 0.15) is 11.6 Å². The van der Waals surface area contributed by atoms with Crippen molar-refractivity contribution in [1.82, 2.24) is 30.1 Å². The number of nitrogens with zero attached hydrogens (tertiary/aromatic N) is 5. The number of hydrogen-bond acceptors (Lipinski definition) is 4. The van der Waals surface area contributed by atoms with Crippen molar-refractivity contribution in [2.24, 2.45) is 4.99 Å². The minimum absolute atomic E-state index is 0. The highest BCUT2D eigenvalue weighted by Gasteiger charge is 2.08. The van der Waals surface area contributed by atoms with Gasteiger partial charge >= 0.3 is 0 Å². The second-order valence-corrected chi connectivity index (χ2v) is 7.60. The normalized spacial score (nSPS) is 15.3. The van der Waals surface area contributed by atoms with Crippen LogP contribution in [0.2, 0.25) is 0 Å². The quantitative estimate of drug-likeness (QED) is 0.239. The first-order chi connectivity index (χ1) is 14.3. The van der Waals surface area contributed by atoms with Crippen molar-refractivity contribution in [1.29, 1.82) is 0 Å². The highest BCUT2D eigenvalue weighted by Crippen LogP contribution is 2.10. The summed E-state index contributed by atoms with van der Waals surface area (Å²) in [4.78, 5) is 16.1. The van der Waals surface area contributed by atoms with Crippen LogP contribution in [-0.4, -0.2) is 58.1 Å². The minimum Gasteiger partial charge on any atom is -0.357 e. The molecule has 0 saturated carbocycles. The number of pyridine rings is 1. The summed E-state index contributed by atoms with van der Waals surface area (Å²) in [5, 5.41) is 6.80. The molecule has 1 aliphatic rings. The molecule has 8 heteroatoms. The van der Waals surface area contributed by atoms with Gasteiger partial charge in [-0.2, -0.15) is 0 Å². The zero-order valence-corrected chi connectivity index (χ0v) is 20.6. The molecule has 1 aliphatic heterocycles. The lowest BCUT2D eigenvalue weighted by Crippen LogP contribution is -2.39. The van der Waals surface area contributed by atoms with Crippen molar-refractivity contribution in [3.63, 3.8) is 0 Å². The largest absolute Gasteiger partial charge is 0.357 e. The Labute approximate surface area is 197 Å². The number of nitrogens with one attached hydrogen (secondary N) is 2.